The second kappa shape index (κ2) is 5.18. The maximum atomic E-state index is 3.92. The molecule has 2 aliphatic carbocycles. The molecule has 0 aliphatic heterocycles. The summed E-state index contributed by atoms with van der Waals surface area (Å²) in [5.74, 6) is 1.04. The minimum Gasteiger partial charge on any atom is -0.309 e. The summed E-state index contributed by atoms with van der Waals surface area (Å²) in [4.78, 5) is 0. The van der Waals surface area contributed by atoms with Crippen LogP contribution in [-0.4, -0.2) is 6.54 Å². The Morgan fingerprint density at radius 2 is 1.80 bits per heavy atom. The molecule has 1 N–H and O–H groups in total. The standard InChI is InChI=1S/C19H29N/c1-18(2,3)13-17(15-7-5-4-6-8-15)20-14-19(11-12-19)16-9-10-16/h4-8,16-17,20H,9-14H2,1-3H3. The lowest BCUT2D eigenvalue weighted by molar-refractivity contribution is 0.287. The summed E-state index contributed by atoms with van der Waals surface area (Å²) in [5.41, 5.74) is 2.50. The molecular weight excluding hydrogens is 242 g/mol. The molecule has 0 aromatic heterocycles. The van der Waals surface area contributed by atoms with Crippen LogP contribution in [0.3, 0.4) is 0 Å². The number of nitrogens with one attached hydrogen (secondary N) is 1. The van der Waals surface area contributed by atoms with Crippen LogP contribution in [0.4, 0.5) is 0 Å². The Hall–Kier alpha value is -0.820. The monoisotopic (exact) mass is 271 g/mol. The van der Waals surface area contributed by atoms with Crippen LogP contribution in [0.25, 0.3) is 0 Å². The van der Waals surface area contributed by atoms with Crippen molar-refractivity contribution in [2.45, 2.75) is 58.9 Å². The summed E-state index contributed by atoms with van der Waals surface area (Å²) in [6.07, 6.45) is 7.09. The van der Waals surface area contributed by atoms with E-state index in [1.165, 1.54) is 44.2 Å². The van der Waals surface area contributed by atoms with Gasteiger partial charge in [0.1, 0.15) is 0 Å². The van der Waals surface area contributed by atoms with Gasteiger partial charge in [0, 0.05) is 12.6 Å². The summed E-state index contributed by atoms with van der Waals surface area (Å²) in [7, 11) is 0. The van der Waals surface area contributed by atoms with Crippen LogP contribution >= 0.6 is 0 Å². The normalized spacial score (nSPS) is 22.6. The van der Waals surface area contributed by atoms with Crippen LogP contribution in [-0.2, 0) is 0 Å². The van der Waals surface area contributed by atoms with Crippen LogP contribution < -0.4 is 5.32 Å². The molecule has 0 radical (unpaired) electrons. The molecule has 1 aromatic rings. The van der Waals surface area contributed by atoms with Gasteiger partial charge >= 0.3 is 0 Å². The molecular formula is C19H29N. The highest BCUT2D eigenvalue weighted by molar-refractivity contribution is 5.19. The Morgan fingerprint density at radius 1 is 1.15 bits per heavy atom. The van der Waals surface area contributed by atoms with Gasteiger partial charge in [-0.05, 0) is 54.4 Å². The Bertz CT molecular complexity index is 435. The summed E-state index contributed by atoms with van der Waals surface area (Å²) >= 11 is 0. The molecule has 0 amide bonds. The Morgan fingerprint density at radius 3 is 2.30 bits per heavy atom. The van der Waals surface area contributed by atoms with Gasteiger partial charge in [0.25, 0.3) is 0 Å². The SMILES string of the molecule is CC(C)(C)CC(NCC1(C2CC2)CC1)c1ccccc1. The van der Waals surface area contributed by atoms with Crippen LogP contribution in [0, 0.1) is 16.7 Å². The number of rotatable bonds is 6. The quantitative estimate of drug-likeness (QED) is 0.772. The van der Waals surface area contributed by atoms with Crippen molar-refractivity contribution in [3.05, 3.63) is 35.9 Å². The topological polar surface area (TPSA) is 12.0 Å². The van der Waals surface area contributed by atoms with Crippen LogP contribution in [0.5, 0.6) is 0 Å². The molecule has 2 fully saturated rings. The first-order chi connectivity index (χ1) is 9.49. The molecule has 1 nitrogen and oxygen atoms in total. The zero-order chi connectivity index (χ0) is 14.2. The van der Waals surface area contributed by atoms with E-state index in [0.29, 0.717) is 16.9 Å². The average Bonchev–Trinajstić information content (AvgIpc) is 3.26. The number of hydrogen-bond donors (Lipinski definition) is 1. The molecule has 1 aromatic carbocycles. The zero-order valence-electron chi connectivity index (χ0n) is 13.3. The fraction of sp³-hybridized carbons (Fsp3) is 0.684. The van der Waals surface area contributed by atoms with Gasteiger partial charge < -0.3 is 5.32 Å². The van der Waals surface area contributed by atoms with Crippen molar-refractivity contribution < 1.29 is 0 Å². The maximum absolute atomic E-state index is 3.92. The number of benzene rings is 1. The first kappa shape index (κ1) is 14.1. The van der Waals surface area contributed by atoms with Crippen molar-refractivity contribution in [1.82, 2.24) is 5.32 Å². The molecule has 1 atom stereocenters. The largest absolute Gasteiger partial charge is 0.309 e. The molecule has 1 unspecified atom stereocenters. The van der Waals surface area contributed by atoms with E-state index in [-0.39, 0.29) is 0 Å². The van der Waals surface area contributed by atoms with Crippen molar-refractivity contribution in [2.24, 2.45) is 16.7 Å². The van der Waals surface area contributed by atoms with Crippen molar-refractivity contribution in [3.8, 4) is 0 Å². The molecule has 0 spiro atoms. The zero-order valence-corrected chi connectivity index (χ0v) is 13.3. The highest BCUT2D eigenvalue weighted by Gasteiger charge is 2.53. The molecule has 110 valence electrons. The fourth-order valence-electron chi connectivity index (χ4n) is 3.52. The van der Waals surface area contributed by atoms with Crippen molar-refractivity contribution in [1.29, 1.82) is 0 Å². The second-order valence-electron chi connectivity index (χ2n) is 8.25. The lowest BCUT2D eigenvalue weighted by Gasteiger charge is -2.29. The molecule has 2 aliphatic rings. The van der Waals surface area contributed by atoms with E-state index in [0.717, 1.165) is 5.92 Å². The van der Waals surface area contributed by atoms with E-state index in [1.807, 2.05) is 0 Å². The highest BCUT2D eigenvalue weighted by Crippen LogP contribution is 2.61. The van der Waals surface area contributed by atoms with E-state index in [1.54, 1.807) is 0 Å². The minimum absolute atomic E-state index is 0.365. The smallest absolute Gasteiger partial charge is 0.0325 e. The predicted molar refractivity (Wildman–Crippen MR) is 85.6 cm³/mol. The van der Waals surface area contributed by atoms with Crippen LogP contribution in [0.2, 0.25) is 0 Å². The van der Waals surface area contributed by atoms with Crippen molar-refractivity contribution in [3.63, 3.8) is 0 Å². The van der Waals surface area contributed by atoms with E-state index in [9.17, 15) is 0 Å². The van der Waals surface area contributed by atoms with Crippen LogP contribution in [0.1, 0.15) is 64.5 Å². The van der Waals surface area contributed by atoms with Gasteiger partial charge in [0.15, 0.2) is 0 Å². The summed E-state index contributed by atoms with van der Waals surface area (Å²) in [6, 6.07) is 11.5. The third kappa shape index (κ3) is 3.44. The number of hydrogen-bond acceptors (Lipinski definition) is 1. The van der Waals surface area contributed by atoms with E-state index in [2.05, 4.69) is 56.4 Å². The van der Waals surface area contributed by atoms with E-state index < -0.39 is 0 Å². The lowest BCUT2D eigenvalue weighted by Crippen LogP contribution is -2.31. The molecule has 0 saturated heterocycles. The van der Waals surface area contributed by atoms with Gasteiger partial charge in [-0.3, -0.25) is 0 Å². The molecule has 1 heteroatoms. The molecule has 0 heterocycles. The Labute approximate surface area is 124 Å². The molecule has 2 saturated carbocycles. The van der Waals surface area contributed by atoms with E-state index >= 15 is 0 Å². The fourth-order valence-corrected chi connectivity index (χ4v) is 3.52. The van der Waals surface area contributed by atoms with Gasteiger partial charge in [0.2, 0.25) is 0 Å². The summed E-state index contributed by atoms with van der Waals surface area (Å²) in [6.45, 7) is 8.27. The second-order valence-corrected chi connectivity index (χ2v) is 8.25. The van der Waals surface area contributed by atoms with Crippen LogP contribution in [0.15, 0.2) is 30.3 Å². The van der Waals surface area contributed by atoms with Gasteiger partial charge in [-0.15, -0.1) is 0 Å². The van der Waals surface area contributed by atoms with Gasteiger partial charge in [-0.1, -0.05) is 51.1 Å². The summed E-state index contributed by atoms with van der Waals surface area (Å²) in [5, 5.41) is 3.92. The van der Waals surface area contributed by atoms with Gasteiger partial charge in [-0.25, -0.2) is 0 Å². The third-order valence-electron chi connectivity index (χ3n) is 5.05. The highest BCUT2D eigenvalue weighted by atomic mass is 14.9. The van der Waals surface area contributed by atoms with E-state index in [4.69, 9.17) is 0 Å². The van der Waals surface area contributed by atoms with Crippen molar-refractivity contribution in [2.75, 3.05) is 6.54 Å². The first-order valence-electron chi connectivity index (χ1n) is 8.27. The Balaban J connectivity index is 1.66. The van der Waals surface area contributed by atoms with Gasteiger partial charge in [0.05, 0.1) is 0 Å². The summed E-state index contributed by atoms with van der Waals surface area (Å²) < 4.78 is 0. The minimum atomic E-state index is 0.365. The average molecular weight is 271 g/mol. The molecule has 20 heavy (non-hydrogen) atoms. The molecule has 0 bridgehead atoms. The maximum Gasteiger partial charge on any atom is 0.0325 e. The van der Waals surface area contributed by atoms with Crippen molar-refractivity contribution >= 4 is 0 Å². The first-order valence-corrected chi connectivity index (χ1v) is 8.27. The third-order valence-corrected chi connectivity index (χ3v) is 5.05. The molecule has 3 rings (SSSR count). The Kier molecular flexibility index (Phi) is 3.66. The predicted octanol–water partition coefficient (Wildman–Crippen LogP) is 4.94. The lowest BCUT2D eigenvalue weighted by atomic mass is 9.85. The van der Waals surface area contributed by atoms with Gasteiger partial charge in [-0.2, -0.15) is 0 Å².